The molecule has 1 amide bonds. The van der Waals surface area contributed by atoms with E-state index in [0.29, 0.717) is 11.7 Å². The van der Waals surface area contributed by atoms with E-state index in [2.05, 4.69) is 15.3 Å². The Balaban J connectivity index is 0.00000162. The molecular formula is C12H19ClN4O. The molecule has 6 heteroatoms. The Morgan fingerprint density at radius 2 is 2.33 bits per heavy atom. The quantitative estimate of drug-likeness (QED) is 0.894. The highest BCUT2D eigenvalue weighted by molar-refractivity contribution is 5.91. The molecule has 18 heavy (non-hydrogen) atoms. The van der Waals surface area contributed by atoms with E-state index in [0.717, 1.165) is 19.5 Å². The fourth-order valence-electron chi connectivity index (χ4n) is 2.10. The maximum absolute atomic E-state index is 12.0. The fourth-order valence-corrected chi connectivity index (χ4v) is 2.10. The van der Waals surface area contributed by atoms with Gasteiger partial charge in [0, 0.05) is 32.0 Å². The van der Waals surface area contributed by atoms with Crippen LogP contribution in [0.2, 0.25) is 0 Å². The minimum atomic E-state index is -0.0644. The molecule has 1 fully saturated rings. The monoisotopic (exact) mass is 270 g/mol. The average molecular weight is 271 g/mol. The highest BCUT2D eigenvalue weighted by Gasteiger charge is 2.19. The number of nitrogens with zero attached hydrogens (tertiary/aromatic N) is 3. The van der Waals surface area contributed by atoms with Crippen molar-refractivity contribution in [1.29, 1.82) is 0 Å². The lowest BCUT2D eigenvalue weighted by Gasteiger charge is -2.28. The van der Waals surface area contributed by atoms with Gasteiger partial charge in [-0.25, -0.2) is 4.98 Å². The number of aromatic nitrogens is 2. The Bertz CT molecular complexity index is 368. The van der Waals surface area contributed by atoms with Crippen LogP contribution in [-0.4, -0.2) is 47.0 Å². The number of likely N-dealkylation sites (N-methyl/N-ethyl adjacent to an activating group) is 1. The summed E-state index contributed by atoms with van der Waals surface area (Å²) in [4.78, 5) is 21.7. The third-order valence-corrected chi connectivity index (χ3v) is 3.04. The molecule has 0 aromatic carbocycles. The molecule has 1 aromatic heterocycles. The summed E-state index contributed by atoms with van der Waals surface area (Å²) in [5.41, 5.74) is 0.408. The predicted octanol–water partition coefficient (Wildman–Crippen LogP) is 1.11. The molecule has 0 bridgehead atoms. The first-order valence-electron chi connectivity index (χ1n) is 6.02. The topological polar surface area (TPSA) is 58.1 Å². The average Bonchev–Trinajstić information content (AvgIpc) is 2.40. The standard InChI is InChI=1S/C12H18N4O.ClH/c1-16(9-10-4-2-3-5-14-10)12(17)11-8-13-6-7-15-11;/h6-8,10,14H,2-5,9H2,1H3;1H. The molecule has 0 saturated carbocycles. The van der Waals surface area contributed by atoms with Crippen molar-refractivity contribution in [3.05, 3.63) is 24.3 Å². The summed E-state index contributed by atoms with van der Waals surface area (Å²) in [6.07, 6.45) is 8.23. The molecular weight excluding hydrogens is 252 g/mol. The van der Waals surface area contributed by atoms with Gasteiger partial charge in [-0.2, -0.15) is 0 Å². The molecule has 1 aliphatic heterocycles. The molecule has 1 N–H and O–H groups in total. The number of hydrogen-bond acceptors (Lipinski definition) is 4. The zero-order valence-electron chi connectivity index (χ0n) is 10.5. The number of hydrogen-bond donors (Lipinski definition) is 1. The van der Waals surface area contributed by atoms with Gasteiger partial charge < -0.3 is 10.2 Å². The predicted molar refractivity (Wildman–Crippen MR) is 71.9 cm³/mol. The minimum Gasteiger partial charge on any atom is -0.339 e. The third kappa shape index (κ3) is 3.92. The van der Waals surface area contributed by atoms with E-state index >= 15 is 0 Å². The van der Waals surface area contributed by atoms with Crippen LogP contribution in [-0.2, 0) is 0 Å². The summed E-state index contributed by atoms with van der Waals surface area (Å²) in [5.74, 6) is -0.0644. The van der Waals surface area contributed by atoms with E-state index in [1.165, 1.54) is 19.0 Å². The zero-order valence-corrected chi connectivity index (χ0v) is 11.3. The van der Waals surface area contributed by atoms with Gasteiger partial charge >= 0.3 is 0 Å². The van der Waals surface area contributed by atoms with Gasteiger partial charge in [0.1, 0.15) is 5.69 Å². The second kappa shape index (κ2) is 7.28. The van der Waals surface area contributed by atoms with Crippen molar-refractivity contribution in [1.82, 2.24) is 20.2 Å². The van der Waals surface area contributed by atoms with Crippen LogP contribution in [0.25, 0.3) is 0 Å². The van der Waals surface area contributed by atoms with Crippen LogP contribution in [0.4, 0.5) is 0 Å². The van der Waals surface area contributed by atoms with Crippen LogP contribution in [0.1, 0.15) is 29.8 Å². The van der Waals surface area contributed by atoms with Crippen molar-refractivity contribution in [2.24, 2.45) is 0 Å². The van der Waals surface area contributed by atoms with Gasteiger partial charge in [-0.1, -0.05) is 6.42 Å². The number of carbonyl (C=O) groups excluding carboxylic acids is 1. The van der Waals surface area contributed by atoms with Gasteiger partial charge in [0.25, 0.3) is 5.91 Å². The van der Waals surface area contributed by atoms with Crippen molar-refractivity contribution in [2.75, 3.05) is 20.1 Å². The normalized spacial score (nSPS) is 18.8. The summed E-state index contributed by atoms with van der Waals surface area (Å²) in [6, 6.07) is 0.411. The van der Waals surface area contributed by atoms with Crippen molar-refractivity contribution in [3.63, 3.8) is 0 Å². The van der Waals surface area contributed by atoms with Crippen molar-refractivity contribution in [3.8, 4) is 0 Å². The zero-order chi connectivity index (χ0) is 12.1. The molecule has 0 radical (unpaired) electrons. The highest BCUT2D eigenvalue weighted by atomic mass is 35.5. The minimum absolute atomic E-state index is 0. The first-order chi connectivity index (χ1) is 8.27. The molecule has 1 aliphatic rings. The number of nitrogens with one attached hydrogen (secondary N) is 1. The highest BCUT2D eigenvalue weighted by Crippen LogP contribution is 2.09. The lowest BCUT2D eigenvalue weighted by atomic mass is 10.0. The van der Waals surface area contributed by atoms with Crippen LogP contribution < -0.4 is 5.32 Å². The van der Waals surface area contributed by atoms with Crippen LogP contribution >= 0.6 is 12.4 Å². The van der Waals surface area contributed by atoms with E-state index in [9.17, 15) is 4.79 Å². The van der Waals surface area contributed by atoms with Crippen LogP contribution in [0, 0.1) is 0 Å². The van der Waals surface area contributed by atoms with E-state index in [1.54, 1.807) is 17.3 Å². The van der Waals surface area contributed by atoms with E-state index in [-0.39, 0.29) is 18.3 Å². The Morgan fingerprint density at radius 3 is 2.94 bits per heavy atom. The Morgan fingerprint density at radius 1 is 1.50 bits per heavy atom. The summed E-state index contributed by atoms with van der Waals surface area (Å²) >= 11 is 0. The van der Waals surface area contributed by atoms with Crippen molar-refractivity contribution >= 4 is 18.3 Å². The van der Waals surface area contributed by atoms with Gasteiger partial charge in [-0.3, -0.25) is 9.78 Å². The van der Waals surface area contributed by atoms with Gasteiger partial charge in [0.15, 0.2) is 0 Å². The van der Waals surface area contributed by atoms with Crippen LogP contribution in [0.5, 0.6) is 0 Å². The molecule has 1 atom stereocenters. The molecule has 100 valence electrons. The van der Waals surface area contributed by atoms with Crippen LogP contribution in [0.3, 0.4) is 0 Å². The van der Waals surface area contributed by atoms with E-state index in [1.807, 2.05) is 7.05 Å². The van der Waals surface area contributed by atoms with Crippen molar-refractivity contribution < 1.29 is 4.79 Å². The molecule has 2 rings (SSSR count). The first-order valence-corrected chi connectivity index (χ1v) is 6.02. The van der Waals surface area contributed by atoms with E-state index in [4.69, 9.17) is 0 Å². The summed E-state index contributed by atoms with van der Waals surface area (Å²) in [6.45, 7) is 1.78. The molecule has 0 aliphatic carbocycles. The van der Waals surface area contributed by atoms with Gasteiger partial charge in [0.2, 0.25) is 0 Å². The van der Waals surface area contributed by atoms with Crippen molar-refractivity contribution in [2.45, 2.75) is 25.3 Å². The maximum Gasteiger partial charge on any atom is 0.273 e. The largest absolute Gasteiger partial charge is 0.339 e. The number of piperidine rings is 1. The summed E-state index contributed by atoms with van der Waals surface area (Å²) in [7, 11) is 1.81. The van der Waals surface area contributed by atoms with Gasteiger partial charge in [-0.15, -0.1) is 12.4 Å². The number of amides is 1. The molecule has 5 nitrogen and oxygen atoms in total. The third-order valence-electron chi connectivity index (χ3n) is 3.04. The maximum atomic E-state index is 12.0. The second-order valence-electron chi connectivity index (χ2n) is 4.42. The Kier molecular flexibility index (Phi) is 6.01. The van der Waals surface area contributed by atoms with Gasteiger partial charge in [0.05, 0.1) is 6.20 Å². The number of rotatable bonds is 3. The summed E-state index contributed by atoms with van der Waals surface area (Å²) < 4.78 is 0. The smallest absolute Gasteiger partial charge is 0.273 e. The molecule has 2 heterocycles. The lowest BCUT2D eigenvalue weighted by Crippen LogP contribution is -2.44. The number of carbonyl (C=O) groups is 1. The molecule has 1 aromatic rings. The fraction of sp³-hybridized carbons (Fsp3) is 0.583. The molecule has 0 spiro atoms. The number of halogens is 1. The van der Waals surface area contributed by atoms with E-state index < -0.39 is 0 Å². The summed E-state index contributed by atoms with van der Waals surface area (Å²) in [5, 5.41) is 3.43. The van der Waals surface area contributed by atoms with Gasteiger partial charge in [-0.05, 0) is 19.4 Å². The second-order valence-corrected chi connectivity index (χ2v) is 4.42. The Labute approximate surface area is 113 Å². The lowest BCUT2D eigenvalue weighted by molar-refractivity contribution is 0.0769. The SMILES string of the molecule is CN(CC1CCCCN1)C(=O)c1cnccn1.Cl. The van der Waals surface area contributed by atoms with Crippen LogP contribution in [0.15, 0.2) is 18.6 Å². The Hall–Kier alpha value is -1.20. The molecule has 1 saturated heterocycles. The molecule has 1 unspecified atom stereocenters. The first kappa shape index (κ1) is 14.9.